The zero-order valence-corrected chi connectivity index (χ0v) is 14.1. The second-order valence-corrected chi connectivity index (χ2v) is 6.32. The first-order valence-corrected chi connectivity index (χ1v) is 7.89. The van der Waals surface area contributed by atoms with Crippen LogP contribution in [0.5, 0.6) is 0 Å². The summed E-state index contributed by atoms with van der Waals surface area (Å²) in [6, 6.07) is 9.16. The van der Waals surface area contributed by atoms with E-state index in [1.165, 1.54) is 18.3 Å². The fourth-order valence-electron chi connectivity index (χ4n) is 2.42. The van der Waals surface area contributed by atoms with Crippen LogP contribution in [0.4, 0.5) is 13.2 Å². The topological polar surface area (TPSA) is 65.8 Å². The molecule has 2 aromatic rings. The first-order chi connectivity index (χ1) is 11.7. The number of nitrogens with zero attached hydrogens (tertiary/aromatic N) is 3. The minimum absolute atomic E-state index is 0.0432. The summed E-state index contributed by atoms with van der Waals surface area (Å²) in [4.78, 5) is 16.2. The molecule has 1 aromatic heterocycles. The molecule has 1 N–H and O–H groups in total. The molecule has 0 radical (unpaired) electrons. The quantitative estimate of drug-likeness (QED) is 0.820. The molecule has 25 heavy (non-hydrogen) atoms. The van der Waals surface area contributed by atoms with E-state index in [9.17, 15) is 23.1 Å². The molecule has 0 saturated carbocycles. The van der Waals surface area contributed by atoms with Crippen molar-refractivity contribution in [2.75, 3.05) is 0 Å². The third-order valence-corrected chi connectivity index (χ3v) is 4.19. The second-order valence-electron chi connectivity index (χ2n) is 5.41. The number of pyridine rings is 1. The van der Waals surface area contributed by atoms with Crippen LogP contribution in [-0.2, 0) is 0 Å². The van der Waals surface area contributed by atoms with Gasteiger partial charge in [-0.15, -0.1) is 0 Å². The van der Waals surface area contributed by atoms with Gasteiger partial charge in [0.1, 0.15) is 0 Å². The molecule has 0 aliphatic carbocycles. The third-order valence-electron chi connectivity index (χ3n) is 3.70. The van der Waals surface area contributed by atoms with Crippen molar-refractivity contribution in [1.82, 2.24) is 9.99 Å². The van der Waals surface area contributed by atoms with Crippen molar-refractivity contribution in [2.24, 2.45) is 5.10 Å². The summed E-state index contributed by atoms with van der Waals surface area (Å²) in [5.74, 6) is -1.09. The van der Waals surface area contributed by atoms with Crippen LogP contribution in [0.2, 0.25) is 0 Å². The summed E-state index contributed by atoms with van der Waals surface area (Å²) >= 11 is 3.23. The molecule has 5 nitrogen and oxygen atoms in total. The molecule has 1 aliphatic rings. The van der Waals surface area contributed by atoms with Gasteiger partial charge in [0.15, 0.2) is 0 Å². The number of carbonyl (C=O) groups is 1. The van der Waals surface area contributed by atoms with E-state index in [2.05, 4.69) is 26.0 Å². The van der Waals surface area contributed by atoms with E-state index < -0.39 is 24.2 Å². The van der Waals surface area contributed by atoms with Crippen LogP contribution in [0, 0.1) is 0 Å². The average Bonchev–Trinajstić information content (AvgIpc) is 2.94. The van der Waals surface area contributed by atoms with Crippen LogP contribution in [0.15, 0.2) is 58.4 Å². The SMILES string of the molecule is O=C(c1cccnc1)N1N=C(c2cccc(Br)c2)C[C@]1(O)C(F)(F)F. The Balaban J connectivity index is 2.06. The Morgan fingerprint density at radius 2 is 2.04 bits per heavy atom. The molecule has 0 bridgehead atoms. The monoisotopic (exact) mass is 413 g/mol. The summed E-state index contributed by atoms with van der Waals surface area (Å²) in [6.07, 6.45) is -3.44. The van der Waals surface area contributed by atoms with E-state index in [0.29, 0.717) is 10.0 Å². The summed E-state index contributed by atoms with van der Waals surface area (Å²) in [6.45, 7) is 0. The molecular weight excluding hydrogens is 403 g/mol. The van der Waals surface area contributed by atoms with Crippen molar-refractivity contribution < 1.29 is 23.1 Å². The molecule has 0 unspecified atom stereocenters. The lowest BCUT2D eigenvalue weighted by atomic mass is 10.0. The number of rotatable bonds is 2. The zero-order chi connectivity index (χ0) is 18.2. The van der Waals surface area contributed by atoms with Crippen molar-refractivity contribution in [3.8, 4) is 0 Å². The van der Waals surface area contributed by atoms with Crippen molar-refractivity contribution in [1.29, 1.82) is 0 Å². The number of hydrazone groups is 1. The highest BCUT2D eigenvalue weighted by Crippen LogP contribution is 2.42. The maximum atomic E-state index is 13.5. The maximum Gasteiger partial charge on any atom is 0.438 e. The van der Waals surface area contributed by atoms with Crippen molar-refractivity contribution in [2.45, 2.75) is 18.3 Å². The van der Waals surface area contributed by atoms with Crippen LogP contribution in [0.1, 0.15) is 22.3 Å². The van der Waals surface area contributed by atoms with Crippen molar-refractivity contribution in [3.05, 3.63) is 64.4 Å². The Hall–Kier alpha value is -2.26. The van der Waals surface area contributed by atoms with E-state index in [1.807, 2.05) is 0 Å². The van der Waals surface area contributed by atoms with Crippen LogP contribution < -0.4 is 0 Å². The average molecular weight is 414 g/mol. The van der Waals surface area contributed by atoms with Gasteiger partial charge in [0.05, 0.1) is 17.7 Å². The molecule has 130 valence electrons. The van der Waals surface area contributed by atoms with Crippen LogP contribution in [-0.4, -0.2) is 38.6 Å². The minimum Gasteiger partial charge on any atom is -0.362 e. The van der Waals surface area contributed by atoms with Gasteiger partial charge in [-0.3, -0.25) is 9.78 Å². The van der Waals surface area contributed by atoms with Gasteiger partial charge >= 0.3 is 6.18 Å². The molecule has 1 amide bonds. The number of aliphatic hydroxyl groups is 1. The highest BCUT2D eigenvalue weighted by Gasteiger charge is 2.63. The standard InChI is InChI=1S/C16H11BrF3N3O2/c17-12-5-1-3-10(7-12)13-8-15(25,16(18,19)20)23(22-13)14(24)11-4-2-6-21-9-11/h1-7,9,25H,8H2/t15-/m0/s1. The molecule has 3 rings (SSSR count). The summed E-state index contributed by atoms with van der Waals surface area (Å²) < 4.78 is 41.1. The molecule has 2 heterocycles. The number of alkyl halides is 3. The van der Waals surface area contributed by atoms with Gasteiger partial charge in [-0.1, -0.05) is 28.1 Å². The van der Waals surface area contributed by atoms with E-state index in [1.54, 1.807) is 24.3 Å². The molecule has 0 fully saturated rings. The predicted molar refractivity (Wildman–Crippen MR) is 86.7 cm³/mol. The lowest BCUT2D eigenvalue weighted by Gasteiger charge is -2.32. The lowest BCUT2D eigenvalue weighted by Crippen LogP contribution is -2.56. The van der Waals surface area contributed by atoms with Gasteiger partial charge in [-0.05, 0) is 29.8 Å². The first kappa shape index (κ1) is 17.6. The normalized spacial score (nSPS) is 20.5. The number of amides is 1. The Kier molecular flexibility index (Phi) is 4.38. The Bertz CT molecular complexity index is 842. The maximum absolute atomic E-state index is 13.5. The lowest BCUT2D eigenvalue weighted by molar-refractivity contribution is -0.297. The fourth-order valence-corrected chi connectivity index (χ4v) is 2.82. The highest BCUT2D eigenvalue weighted by atomic mass is 79.9. The van der Waals surface area contributed by atoms with Crippen LogP contribution in [0.3, 0.4) is 0 Å². The zero-order valence-electron chi connectivity index (χ0n) is 12.5. The van der Waals surface area contributed by atoms with Gasteiger partial charge in [-0.25, -0.2) is 0 Å². The summed E-state index contributed by atoms with van der Waals surface area (Å²) in [7, 11) is 0. The largest absolute Gasteiger partial charge is 0.438 e. The van der Waals surface area contributed by atoms with Gasteiger partial charge in [0.25, 0.3) is 11.6 Å². The Morgan fingerprint density at radius 3 is 2.64 bits per heavy atom. The number of halogens is 4. The molecule has 9 heteroatoms. The minimum atomic E-state index is -5.08. The second kappa shape index (κ2) is 6.23. The summed E-state index contributed by atoms with van der Waals surface area (Å²) in [5, 5.41) is 14.1. The number of carbonyl (C=O) groups excluding carboxylic acids is 1. The molecule has 1 aliphatic heterocycles. The molecule has 0 saturated heterocycles. The molecule has 1 aromatic carbocycles. The number of hydrogen-bond donors (Lipinski definition) is 1. The summed E-state index contributed by atoms with van der Waals surface area (Å²) in [5.41, 5.74) is -3.20. The fraction of sp³-hybridized carbons (Fsp3) is 0.188. The first-order valence-electron chi connectivity index (χ1n) is 7.09. The van der Waals surface area contributed by atoms with Crippen molar-refractivity contribution >= 4 is 27.5 Å². The van der Waals surface area contributed by atoms with Gasteiger partial charge in [0, 0.05) is 16.9 Å². The third kappa shape index (κ3) is 3.16. The predicted octanol–water partition coefficient (Wildman–Crippen LogP) is 3.35. The van der Waals surface area contributed by atoms with Gasteiger partial charge < -0.3 is 5.11 Å². The van der Waals surface area contributed by atoms with E-state index >= 15 is 0 Å². The van der Waals surface area contributed by atoms with E-state index in [-0.39, 0.29) is 16.3 Å². The number of benzene rings is 1. The van der Waals surface area contributed by atoms with Gasteiger partial charge in [-0.2, -0.15) is 23.3 Å². The van der Waals surface area contributed by atoms with Crippen molar-refractivity contribution in [3.63, 3.8) is 0 Å². The Labute approximate surface area is 148 Å². The molecule has 1 atom stereocenters. The van der Waals surface area contributed by atoms with Crippen LogP contribution >= 0.6 is 15.9 Å². The number of aromatic nitrogens is 1. The Morgan fingerprint density at radius 1 is 1.28 bits per heavy atom. The molecule has 0 spiro atoms. The van der Waals surface area contributed by atoms with E-state index in [0.717, 1.165) is 6.20 Å². The number of hydrogen-bond acceptors (Lipinski definition) is 4. The smallest absolute Gasteiger partial charge is 0.362 e. The highest BCUT2D eigenvalue weighted by molar-refractivity contribution is 9.10. The van der Waals surface area contributed by atoms with Crippen LogP contribution in [0.25, 0.3) is 0 Å². The van der Waals surface area contributed by atoms with Gasteiger partial charge in [0.2, 0.25) is 0 Å². The molecular formula is C16H11BrF3N3O2. The van der Waals surface area contributed by atoms with E-state index in [4.69, 9.17) is 0 Å².